The van der Waals surface area contributed by atoms with Crippen LogP contribution < -0.4 is 4.90 Å². The van der Waals surface area contributed by atoms with Crippen molar-refractivity contribution in [2.45, 2.75) is 6.92 Å². The Balaban J connectivity index is 1.84. The van der Waals surface area contributed by atoms with Crippen molar-refractivity contribution < 1.29 is 13.9 Å². The number of piperazine rings is 1. The Hall–Kier alpha value is -2.08. The molecule has 6 heteroatoms. The Labute approximate surface area is 123 Å². The largest absolute Gasteiger partial charge is 0.462 e. The van der Waals surface area contributed by atoms with E-state index in [9.17, 15) is 4.79 Å². The lowest BCUT2D eigenvalue weighted by Gasteiger charge is -2.31. The maximum absolute atomic E-state index is 11.7. The van der Waals surface area contributed by atoms with Crippen LogP contribution in [0.2, 0.25) is 0 Å². The van der Waals surface area contributed by atoms with Gasteiger partial charge in [-0.2, -0.15) is 4.98 Å². The fourth-order valence-electron chi connectivity index (χ4n) is 2.39. The van der Waals surface area contributed by atoms with Crippen LogP contribution in [0.3, 0.4) is 0 Å². The number of carbonyl (C=O) groups excluding carboxylic acids is 1. The van der Waals surface area contributed by atoms with E-state index < -0.39 is 0 Å². The fourth-order valence-corrected chi connectivity index (χ4v) is 2.39. The van der Waals surface area contributed by atoms with E-state index in [-0.39, 0.29) is 5.97 Å². The molecular weight excluding hydrogens is 270 g/mol. The quantitative estimate of drug-likeness (QED) is 0.802. The molecule has 1 aliphatic rings. The minimum Gasteiger partial charge on any atom is -0.462 e. The lowest BCUT2D eigenvalue weighted by Crippen LogP contribution is -2.44. The van der Waals surface area contributed by atoms with Crippen molar-refractivity contribution in [3.05, 3.63) is 23.8 Å². The molecule has 3 rings (SSSR count). The topological polar surface area (TPSA) is 58.8 Å². The SMILES string of the molecule is CCOC(=O)c1ccc2oc(N3CCN(C)CC3)nc2c1. The van der Waals surface area contributed by atoms with Gasteiger partial charge in [-0.05, 0) is 32.2 Å². The van der Waals surface area contributed by atoms with E-state index in [1.807, 2.05) is 0 Å². The second kappa shape index (κ2) is 5.73. The highest BCUT2D eigenvalue weighted by molar-refractivity contribution is 5.93. The van der Waals surface area contributed by atoms with Crippen LogP contribution in [-0.2, 0) is 4.74 Å². The van der Waals surface area contributed by atoms with Gasteiger partial charge in [0, 0.05) is 26.2 Å². The van der Waals surface area contributed by atoms with Gasteiger partial charge in [0.05, 0.1) is 12.2 Å². The fraction of sp³-hybridized carbons (Fsp3) is 0.467. The number of fused-ring (bicyclic) bond motifs is 1. The number of hydrogen-bond donors (Lipinski definition) is 0. The minimum absolute atomic E-state index is 0.330. The first-order valence-corrected chi connectivity index (χ1v) is 7.18. The third-order valence-corrected chi connectivity index (χ3v) is 3.66. The smallest absolute Gasteiger partial charge is 0.338 e. The first-order valence-electron chi connectivity index (χ1n) is 7.18. The Morgan fingerprint density at radius 1 is 1.33 bits per heavy atom. The molecule has 1 aromatic carbocycles. The molecule has 0 amide bonds. The first kappa shape index (κ1) is 13.9. The van der Waals surface area contributed by atoms with E-state index in [1.165, 1.54) is 0 Å². The van der Waals surface area contributed by atoms with Crippen LogP contribution in [-0.4, -0.2) is 55.7 Å². The van der Waals surface area contributed by atoms with Gasteiger partial charge in [-0.15, -0.1) is 0 Å². The van der Waals surface area contributed by atoms with Gasteiger partial charge in [0.1, 0.15) is 5.52 Å². The summed E-state index contributed by atoms with van der Waals surface area (Å²) in [4.78, 5) is 20.6. The van der Waals surface area contributed by atoms with Gasteiger partial charge in [0.2, 0.25) is 0 Å². The molecule has 0 unspecified atom stereocenters. The number of nitrogens with zero attached hydrogens (tertiary/aromatic N) is 3. The van der Waals surface area contributed by atoms with Gasteiger partial charge >= 0.3 is 5.97 Å². The number of oxazole rings is 1. The molecule has 0 spiro atoms. The van der Waals surface area contributed by atoms with Crippen LogP contribution in [0.25, 0.3) is 11.1 Å². The van der Waals surface area contributed by atoms with E-state index in [1.54, 1.807) is 25.1 Å². The summed E-state index contributed by atoms with van der Waals surface area (Å²) in [5, 5.41) is 0. The number of likely N-dealkylation sites (N-methyl/N-ethyl adjacent to an activating group) is 1. The lowest BCUT2D eigenvalue weighted by molar-refractivity contribution is 0.0526. The van der Waals surface area contributed by atoms with E-state index in [0.717, 1.165) is 26.2 Å². The number of carbonyl (C=O) groups is 1. The zero-order valence-corrected chi connectivity index (χ0v) is 12.3. The number of benzene rings is 1. The lowest BCUT2D eigenvalue weighted by atomic mass is 10.2. The molecule has 1 fully saturated rings. The molecule has 1 aliphatic heterocycles. The maximum atomic E-state index is 11.7. The number of aromatic nitrogens is 1. The number of ether oxygens (including phenoxy) is 1. The molecular formula is C15H19N3O3. The molecule has 1 aromatic heterocycles. The molecule has 0 radical (unpaired) electrons. The summed E-state index contributed by atoms with van der Waals surface area (Å²) < 4.78 is 10.8. The summed E-state index contributed by atoms with van der Waals surface area (Å²) in [6.07, 6.45) is 0. The molecule has 0 N–H and O–H groups in total. The second-order valence-electron chi connectivity index (χ2n) is 5.19. The zero-order chi connectivity index (χ0) is 14.8. The second-order valence-corrected chi connectivity index (χ2v) is 5.19. The summed E-state index contributed by atoms with van der Waals surface area (Å²) >= 11 is 0. The number of anilines is 1. The monoisotopic (exact) mass is 289 g/mol. The van der Waals surface area contributed by atoms with Crippen LogP contribution in [0.1, 0.15) is 17.3 Å². The van der Waals surface area contributed by atoms with Crippen molar-refractivity contribution in [1.29, 1.82) is 0 Å². The van der Waals surface area contributed by atoms with Gasteiger partial charge in [0.25, 0.3) is 6.01 Å². The van der Waals surface area contributed by atoms with Gasteiger partial charge in [-0.1, -0.05) is 0 Å². The minimum atomic E-state index is -0.330. The zero-order valence-electron chi connectivity index (χ0n) is 12.3. The Kier molecular flexibility index (Phi) is 3.79. The normalized spacial score (nSPS) is 16.4. The predicted octanol–water partition coefficient (Wildman–Crippen LogP) is 1.76. The van der Waals surface area contributed by atoms with Crippen LogP contribution in [0.15, 0.2) is 22.6 Å². The Morgan fingerprint density at radius 3 is 2.81 bits per heavy atom. The summed E-state index contributed by atoms with van der Waals surface area (Å²) in [6, 6.07) is 5.82. The summed E-state index contributed by atoms with van der Waals surface area (Å²) in [5.41, 5.74) is 1.88. The maximum Gasteiger partial charge on any atom is 0.338 e. The molecule has 0 bridgehead atoms. The van der Waals surface area contributed by atoms with Gasteiger partial charge in [-0.25, -0.2) is 4.79 Å². The number of hydrogen-bond acceptors (Lipinski definition) is 6. The van der Waals surface area contributed by atoms with E-state index in [0.29, 0.717) is 29.3 Å². The van der Waals surface area contributed by atoms with Gasteiger partial charge in [0.15, 0.2) is 5.58 Å². The van der Waals surface area contributed by atoms with E-state index in [4.69, 9.17) is 9.15 Å². The number of esters is 1. The van der Waals surface area contributed by atoms with Crippen LogP contribution in [0.5, 0.6) is 0 Å². The van der Waals surface area contributed by atoms with Crippen LogP contribution in [0.4, 0.5) is 6.01 Å². The van der Waals surface area contributed by atoms with Crippen molar-refractivity contribution in [3.63, 3.8) is 0 Å². The highest BCUT2D eigenvalue weighted by Crippen LogP contribution is 2.24. The van der Waals surface area contributed by atoms with Crippen molar-refractivity contribution in [3.8, 4) is 0 Å². The molecule has 6 nitrogen and oxygen atoms in total. The third kappa shape index (κ3) is 2.85. The standard InChI is InChI=1S/C15H19N3O3/c1-3-20-14(19)11-4-5-13-12(10-11)16-15(21-13)18-8-6-17(2)7-9-18/h4-5,10H,3,6-9H2,1-2H3. The van der Waals surface area contributed by atoms with Crippen molar-refractivity contribution in [2.75, 3.05) is 44.7 Å². The van der Waals surface area contributed by atoms with Gasteiger partial charge in [-0.3, -0.25) is 0 Å². The average molecular weight is 289 g/mol. The van der Waals surface area contributed by atoms with Crippen molar-refractivity contribution >= 4 is 23.1 Å². The van der Waals surface area contributed by atoms with Gasteiger partial charge < -0.3 is 19.0 Å². The van der Waals surface area contributed by atoms with E-state index >= 15 is 0 Å². The molecule has 0 atom stereocenters. The average Bonchev–Trinajstić information content (AvgIpc) is 2.91. The first-order chi connectivity index (χ1) is 10.2. The molecule has 112 valence electrons. The molecule has 2 aromatic rings. The molecule has 2 heterocycles. The summed E-state index contributed by atoms with van der Waals surface area (Å²) in [6.45, 7) is 5.93. The van der Waals surface area contributed by atoms with Crippen LogP contribution >= 0.6 is 0 Å². The van der Waals surface area contributed by atoms with Crippen LogP contribution in [0, 0.1) is 0 Å². The molecule has 0 aliphatic carbocycles. The molecule has 0 saturated carbocycles. The summed E-state index contributed by atoms with van der Waals surface area (Å²) in [7, 11) is 2.11. The highest BCUT2D eigenvalue weighted by atomic mass is 16.5. The van der Waals surface area contributed by atoms with Crippen molar-refractivity contribution in [1.82, 2.24) is 9.88 Å². The summed E-state index contributed by atoms with van der Waals surface area (Å²) in [5.74, 6) is -0.330. The molecule has 21 heavy (non-hydrogen) atoms. The predicted molar refractivity (Wildman–Crippen MR) is 79.7 cm³/mol. The number of rotatable bonds is 3. The van der Waals surface area contributed by atoms with E-state index in [2.05, 4.69) is 21.8 Å². The third-order valence-electron chi connectivity index (χ3n) is 3.66. The highest BCUT2D eigenvalue weighted by Gasteiger charge is 2.19. The Bertz CT molecular complexity index is 645. The molecule has 1 saturated heterocycles. The Morgan fingerprint density at radius 2 is 2.10 bits per heavy atom. The van der Waals surface area contributed by atoms with Crippen molar-refractivity contribution in [2.24, 2.45) is 0 Å².